The van der Waals surface area contributed by atoms with Gasteiger partial charge in [-0.05, 0) is 13.0 Å². The fraction of sp³-hybridized carbons (Fsp3) is 0.333. The fourth-order valence-corrected chi connectivity index (χ4v) is 0. The summed E-state index contributed by atoms with van der Waals surface area (Å²) in [7, 11) is 0. The minimum absolute atomic E-state index is 0.375. The maximum absolute atomic E-state index is 10.5. The van der Waals surface area contributed by atoms with Crippen molar-refractivity contribution in [3.63, 3.8) is 0 Å². The van der Waals surface area contributed by atoms with E-state index in [2.05, 4.69) is 6.08 Å². The van der Waals surface area contributed by atoms with Crippen molar-refractivity contribution in [3.05, 3.63) is 12.4 Å². The Morgan fingerprint density at radius 3 is 2.25 bits per heavy atom. The van der Waals surface area contributed by atoms with Crippen LogP contribution in [0.4, 0.5) is 4.39 Å². The van der Waals surface area contributed by atoms with E-state index in [9.17, 15) is 4.39 Å². The minimum atomic E-state index is 0.375. The van der Waals surface area contributed by atoms with Crippen LogP contribution in [0.3, 0.4) is 0 Å². The minimum Gasteiger partial charge on any atom is -0.215 e. The first kappa shape index (κ1) is 3.67. The van der Waals surface area contributed by atoms with E-state index in [0.29, 0.717) is 6.33 Å². The molecule has 0 aromatic carbocycles. The number of allylic oxidation sites excluding steroid dienone is 1. The number of halogens is 1. The molecule has 0 saturated heterocycles. The molecule has 0 rings (SSSR count). The lowest BCUT2D eigenvalue weighted by molar-refractivity contribution is 0.715. The van der Waals surface area contributed by atoms with Crippen LogP contribution in [-0.2, 0) is 0 Å². The summed E-state index contributed by atoms with van der Waals surface area (Å²) in [5.74, 6) is 0. The highest BCUT2D eigenvalue weighted by Gasteiger charge is 1.40. The van der Waals surface area contributed by atoms with Crippen LogP contribution in [0.15, 0.2) is 6.33 Å². The van der Waals surface area contributed by atoms with Gasteiger partial charge in [0.2, 0.25) is 0 Å². The normalized spacial score (nSPS) is 9.50. The molecule has 0 aromatic rings. The third-order valence-corrected chi connectivity index (χ3v) is 0.109. The van der Waals surface area contributed by atoms with Crippen LogP contribution in [0.2, 0.25) is 0 Å². The Kier molecular flexibility index (Phi) is 2.45. The van der Waals surface area contributed by atoms with E-state index in [4.69, 9.17) is 0 Å². The molecule has 23 valence electrons. The summed E-state index contributed by atoms with van der Waals surface area (Å²) in [6.07, 6.45) is 2.51. The van der Waals surface area contributed by atoms with Crippen LogP contribution in [0.5, 0.6) is 0 Å². The van der Waals surface area contributed by atoms with Crippen molar-refractivity contribution in [1.29, 1.82) is 0 Å². The van der Waals surface area contributed by atoms with E-state index < -0.39 is 0 Å². The van der Waals surface area contributed by atoms with Crippen LogP contribution < -0.4 is 0 Å². The fourth-order valence-electron chi connectivity index (χ4n) is 0. The van der Waals surface area contributed by atoms with Crippen LogP contribution >= 0.6 is 0 Å². The Hall–Kier alpha value is -0.330. The third kappa shape index (κ3) is 1.67. The van der Waals surface area contributed by atoms with Gasteiger partial charge in [0.1, 0.15) is 0 Å². The third-order valence-electron chi connectivity index (χ3n) is 0.109. The molecule has 0 heterocycles. The van der Waals surface area contributed by atoms with Crippen molar-refractivity contribution < 1.29 is 4.39 Å². The van der Waals surface area contributed by atoms with E-state index in [1.165, 1.54) is 6.92 Å². The molecule has 0 unspecified atom stereocenters. The van der Waals surface area contributed by atoms with Crippen molar-refractivity contribution in [3.8, 4) is 0 Å². The molecule has 0 atom stereocenters. The summed E-state index contributed by atoms with van der Waals surface area (Å²) in [5, 5.41) is 0. The van der Waals surface area contributed by atoms with Crippen molar-refractivity contribution in [2.45, 2.75) is 6.92 Å². The molecule has 4 heavy (non-hydrogen) atoms. The maximum atomic E-state index is 10.5. The molecular formula is C3H4F. The maximum Gasteiger partial charge on any atom is 0.0899 e. The van der Waals surface area contributed by atoms with E-state index >= 15 is 0 Å². The molecule has 1 radical (unpaired) electrons. The summed E-state index contributed by atoms with van der Waals surface area (Å²) < 4.78 is 10.5. The Bertz CT molecular complexity index is 18.5. The molecule has 0 aliphatic carbocycles. The standard InChI is InChI=1S/C3H4F/c1-2-3-4/h3H,1H3. The van der Waals surface area contributed by atoms with Crippen molar-refractivity contribution in [2.75, 3.05) is 0 Å². The summed E-state index contributed by atoms with van der Waals surface area (Å²) in [5.41, 5.74) is 0. The molecule has 0 bridgehead atoms. The highest BCUT2D eigenvalue weighted by molar-refractivity contribution is 4.49. The quantitative estimate of drug-likeness (QED) is 0.394. The predicted molar refractivity (Wildman–Crippen MR) is 14.6 cm³/mol. The Balaban J connectivity index is 2.55. The molecule has 0 N–H and O–H groups in total. The lowest BCUT2D eigenvalue weighted by Crippen LogP contribution is -1.25. The van der Waals surface area contributed by atoms with Gasteiger partial charge in [-0.3, -0.25) is 0 Å². The van der Waals surface area contributed by atoms with Crippen LogP contribution in [0.25, 0.3) is 0 Å². The zero-order valence-electron chi connectivity index (χ0n) is 2.46. The highest BCUT2D eigenvalue weighted by Crippen LogP contribution is 1.60. The second-order valence-electron chi connectivity index (χ2n) is 0.398. The highest BCUT2D eigenvalue weighted by atomic mass is 19.1. The van der Waals surface area contributed by atoms with Gasteiger partial charge < -0.3 is 0 Å². The van der Waals surface area contributed by atoms with Gasteiger partial charge in [0.05, 0.1) is 6.33 Å². The van der Waals surface area contributed by atoms with Crippen molar-refractivity contribution in [2.24, 2.45) is 0 Å². The lowest BCUT2D eigenvalue weighted by atomic mass is 10.8. The van der Waals surface area contributed by atoms with Gasteiger partial charge >= 0.3 is 0 Å². The van der Waals surface area contributed by atoms with Crippen LogP contribution in [0.1, 0.15) is 6.92 Å². The molecule has 0 fully saturated rings. The molecule has 0 saturated carbocycles. The van der Waals surface area contributed by atoms with Gasteiger partial charge in [0.15, 0.2) is 0 Å². The van der Waals surface area contributed by atoms with Crippen LogP contribution in [0, 0.1) is 6.08 Å². The van der Waals surface area contributed by atoms with Gasteiger partial charge in [0.25, 0.3) is 0 Å². The van der Waals surface area contributed by atoms with E-state index in [0.717, 1.165) is 0 Å². The zero-order chi connectivity index (χ0) is 3.41. The van der Waals surface area contributed by atoms with Gasteiger partial charge in [-0.15, -0.1) is 0 Å². The number of hydrogen-bond donors (Lipinski definition) is 0. The average molecular weight is 59.1 g/mol. The number of rotatable bonds is 0. The summed E-state index contributed by atoms with van der Waals surface area (Å²) in [4.78, 5) is 0. The Morgan fingerprint density at radius 2 is 2.25 bits per heavy atom. The van der Waals surface area contributed by atoms with Gasteiger partial charge in [-0.2, -0.15) is 0 Å². The molecule has 0 spiro atoms. The first-order chi connectivity index (χ1) is 1.91. The van der Waals surface area contributed by atoms with Gasteiger partial charge in [-0.25, -0.2) is 4.39 Å². The summed E-state index contributed by atoms with van der Waals surface area (Å²) in [6, 6.07) is 0. The van der Waals surface area contributed by atoms with Crippen molar-refractivity contribution in [1.82, 2.24) is 0 Å². The molecule has 0 amide bonds. The first-order valence-electron chi connectivity index (χ1n) is 1.01. The second-order valence-corrected chi connectivity index (χ2v) is 0.398. The topological polar surface area (TPSA) is 0 Å². The molecule has 0 aliphatic rings. The van der Waals surface area contributed by atoms with Crippen molar-refractivity contribution >= 4 is 0 Å². The summed E-state index contributed by atoms with van der Waals surface area (Å²) in [6.45, 7) is 1.50. The monoisotopic (exact) mass is 59.0 g/mol. The van der Waals surface area contributed by atoms with E-state index in [1.807, 2.05) is 0 Å². The number of hydrogen-bond acceptors (Lipinski definition) is 0. The zero-order valence-corrected chi connectivity index (χ0v) is 2.46. The van der Waals surface area contributed by atoms with E-state index in [-0.39, 0.29) is 0 Å². The molecule has 1 heteroatoms. The molecule has 0 aromatic heterocycles. The lowest BCUT2D eigenvalue weighted by Gasteiger charge is -1.44. The molecular weight excluding hydrogens is 55.0 g/mol. The van der Waals surface area contributed by atoms with Gasteiger partial charge in [-0.1, -0.05) is 0 Å². The first-order valence-corrected chi connectivity index (χ1v) is 1.01. The predicted octanol–water partition coefficient (Wildman–Crippen LogP) is 1.29. The average Bonchev–Trinajstić information content (AvgIpc) is 1.37. The second kappa shape index (κ2) is 2.67. The smallest absolute Gasteiger partial charge is 0.0899 e. The Labute approximate surface area is 24.9 Å². The SMILES string of the molecule is C[C]=CF. The molecule has 0 nitrogen and oxygen atoms in total. The summed E-state index contributed by atoms with van der Waals surface area (Å²) >= 11 is 0. The van der Waals surface area contributed by atoms with Crippen LogP contribution in [-0.4, -0.2) is 0 Å². The Morgan fingerprint density at radius 1 is 2.00 bits per heavy atom. The molecule has 0 aliphatic heterocycles. The van der Waals surface area contributed by atoms with E-state index in [1.54, 1.807) is 0 Å². The largest absolute Gasteiger partial charge is 0.215 e. The van der Waals surface area contributed by atoms with Gasteiger partial charge in [0, 0.05) is 0 Å².